The van der Waals surface area contributed by atoms with Gasteiger partial charge >= 0.3 is 6.03 Å². The summed E-state index contributed by atoms with van der Waals surface area (Å²) in [5.41, 5.74) is -0.00785. The summed E-state index contributed by atoms with van der Waals surface area (Å²) >= 11 is 12.8. The molecule has 0 aromatic heterocycles. The third kappa shape index (κ3) is 6.33. The number of nitro groups is 1. The number of halogens is 3. The van der Waals surface area contributed by atoms with Crippen LogP contribution in [0.15, 0.2) is 75.2 Å². The van der Waals surface area contributed by atoms with Crippen LogP contribution < -0.4 is 20.3 Å². The molecular formula is C25H15Br2ClN4O7. The van der Waals surface area contributed by atoms with Crippen LogP contribution in [0.3, 0.4) is 0 Å². The van der Waals surface area contributed by atoms with Gasteiger partial charge in [-0.25, -0.2) is 9.69 Å². The first kappa shape index (κ1) is 28.0. The first-order valence-corrected chi connectivity index (χ1v) is 12.8. The van der Waals surface area contributed by atoms with Crippen LogP contribution in [-0.2, 0) is 14.4 Å². The molecule has 0 aliphatic carbocycles. The van der Waals surface area contributed by atoms with Gasteiger partial charge in [-0.05, 0) is 58.4 Å². The number of para-hydroxylation sites is 1. The van der Waals surface area contributed by atoms with E-state index in [-0.39, 0.29) is 22.7 Å². The van der Waals surface area contributed by atoms with Gasteiger partial charge in [0.15, 0.2) is 6.61 Å². The SMILES string of the molecule is O=C(COc1c(Br)cc(Br)cc1/C=C1/C(=O)NC(=O)N(c2ccc([N+](=O)[O-])cc2)C1=O)Nc1ccccc1Cl. The molecule has 14 heteroatoms. The van der Waals surface area contributed by atoms with Gasteiger partial charge in [-0.2, -0.15) is 0 Å². The van der Waals surface area contributed by atoms with E-state index in [1.165, 1.54) is 18.2 Å². The number of carbonyl (C=O) groups excluding carboxylic acids is 4. The van der Waals surface area contributed by atoms with Crippen LogP contribution in [0.1, 0.15) is 5.56 Å². The third-order valence-corrected chi connectivity index (χ3v) is 6.63. The number of non-ortho nitro benzene ring substituents is 1. The van der Waals surface area contributed by atoms with Gasteiger partial charge in [0, 0.05) is 22.2 Å². The normalized spacial score (nSPS) is 14.3. The number of hydrogen-bond acceptors (Lipinski definition) is 7. The molecule has 0 bridgehead atoms. The first-order chi connectivity index (χ1) is 18.5. The van der Waals surface area contributed by atoms with Crippen molar-refractivity contribution in [2.75, 3.05) is 16.8 Å². The quantitative estimate of drug-likeness (QED) is 0.146. The fourth-order valence-electron chi connectivity index (χ4n) is 3.50. The molecule has 0 saturated carbocycles. The number of barbiturate groups is 1. The number of carbonyl (C=O) groups is 4. The molecule has 1 fully saturated rings. The van der Waals surface area contributed by atoms with Crippen LogP contribution in [-0.4, -0.2) is 35.3 Å². The molecule has 5 amide bonds. The lowest BCUT2D eigenvalue weighted by Gasteiger charge is -2.26. The molecule has 4 rings (SSSR count). The molecule has 2 N–H and O–H groups in total. The minimum Gasteiger partial charge on any atom is -0.482 e. The van der Waals surface area contributed by atoms with Gasteiger partial charge in [0.25, 0.3) is 23.4 Å². The Bertz CT molecular complexity index is 1560. The number of anilines is 2. The number of ether oxygens (including phenoxy) is 1. The summed E-state index contributed by atoms with van der Waals surface area (Å²) in [6.07, 6.45) is 1.21. The fourth-order valence-corrected chi connectivity index (χ4v) is 5.05. The Kier molecular flexibility index (Phi) is 8.43. The van der Waals surface area contributed by atoms with E-state index in [1.54, 1.807) is 36.4 Å². The Morgan fingerprint density at radius 3 is 2.46 bits per heavy atom. The number of nitro benzene ring substituents is 1. The largest absolute Gasteiger partial charge is 0.482 e. The molecule has 39 heavy (non-hydrogen) atoms. The number of urea groups is 1. The maximum absolute atomic E-state index is 13.3. The number of nitrogens with zero attached hydrogens (tertiary/aromatic N) is 2. The third-order valence-electron chi connectivity index (χ3n) is 5.25. The number of amides is 5. The molecule has 1 saturated heterocycles. The molecule has 0 spiro atoms. The van der Waals surface area contributed by atoms with Crippen molar-refractivity contribution in [1.82, 2.24) is 5.32 Å². The van der Waals surface area contributed by atoms with Crippen molar-refractivity contribution < 1.29 is 28.8 Å². The zero-order valence-electron chi connectivity index (χ0n) is 19.4. The maximum Gasteiger partial charge on any atom is 0.335 e. The Morgan fingerprint density at radius 2 is 1.79 bits per heavy atom. The molecule has 0 atom stereocenters. The van der Waals surface area contributed by atoms with E-state index in [4.69, 9.17) is 16.3 Å². The van der Waals surface area contributed by atoms with Crippen molar-refractivity contribution >= 4 is 90.4 Å². The summed E-state index contributed by atoms with van der Waals surface area (Å²) in [6.45, 7) is -0.435. The van der Waals surface area contributed by atoms with Crippen molar-refractivity contribution in [1.29, 1.82) is 0 Å². The fraction of sp³-hybridized carbons (Fsp3) is 0.0400. The average molecular weight is 679 g/mol. The van der Waals surface area contributed by atoms with E-state index in [0.29, 0.717) is 24.6 Å². The standard InChI is InChI=1S/C25H15Br2ClN4O7/c26-14-9-13(22(18(27)11-14)39-12-21(33)29-20-4-2-1-3-19(20)28)10-17-23(34)30-25(36)31(24(17)35)15-5-7-16(8-6-15)32(37)38/h1-11H,12H2,(H,29,33)(H,30,34,36)/b17-10-. The topological polar surface area (TPSA) is 148 Å². The van der Waals surface area contributed by atoms with Crippen LogP contribution >= 0.6 is 43.5 Å². The second kappa shape index (κ2) is 11.8. The van der Waals surface area contributed by atoms with E-state index in [9.17, 15) is 29.3 Å². The van der Waals surface area contributed by atoms with Gasteiger partial charge in [0.2, 0.25) is 0 Å². The molecule has 0 unspecified atom stereocenters. The zero-order chi connectivity index (χ0) is 28.3. The Labute approximate surface area is 242 Å². The number of rotatable bonds is 7. The molecule has 3 aromatic rings. The monoisotopic (exact) mass is 676 g/mol. The molecule has 11 nitrogen and oxygen atoms in total. The van der Waals surface area contributed by atoms with Crippen LogP contribution in [0.2, 0.25) is 5.02 Å². The molecule has 1 aliphatic rings. The van der Waals surface area contributed by atoms with Crippen molar-refractivity contribution in [2.24, 2.45) is 0 Å². The van der Waals surface area contributed by atoms with Crippen molar-refractivity contribution in [2.45, 2.75) is 0 Å². The van der Waals surface area contributed by atoms with Crippen LogP contribution in [0.4, 0.5) is 21.9 Å². The summed E-state index contributed by atoms with van der Waals surface area (Å²) in [5.74, 6) is -2.30. The smallest absolute Gasteiger partial charge is 0.335 e. The Hall–Kier alpha value is -4.07. The molecule has 3 aromatic carbocycles. The van der Waals surface area contributed by atoms with E-state index in [1.807, 2.05) is 0 Å². The van der Waals surface area contributed by atoms with Crippen LogP contribution in [0, 0.1) is 10.1 Å². The second-order valence-electron chi connectivity index (χ2n) is 7.85. The van der Waals surface area contributed by atoms with Crippen LogP contribution in [0.5, 0.6) is 5.75 Å². The highest BCUT2D eigenvalue weighted by molar-refractivity contribution is 9.11. The lowest BCUT2D eigenvalue weighted by molar-refractivity contribution is -0.384. The lowest BCUT2D eigenvalue weighted by Crippen LogP contribution is -2.54. The average Bonchev–Trinajstić information content (AvgIpc) is 2.87. The molecule has 1 aliphatic heterocycles. The van der Waals surface area contributed by atoms with Crippen molar-refractivity contribution in [3.05, 3.63) is 95.9 Å². The highest BCUT2D eigenvalue weighted by Crippen LogP contribution is 2.35. The number of benzene rings is 3. The summed E-state index contributed by atoms with van der Waals surface area (Å²) in [4.78, 5) is 61.9. The van der Waals surface area contributed by atoms with E-state index >= 15 is 0 Å². The molecule has 198 valence electrons. The second-order valence-corrected chi connectivity index (χ2v) is 10.0. The summed E-state index contributed by atoms with van der Waals surface area (Å²) in [5, 5.41) is 16.0. The lowest BCUT2D eigenvalue weighted by atomic mass is 10.1. The summed E-state index contributed by atoms with van der Waals surface area (Å²) < 4.78 is 6.68. The minimum atomic E-state index is -1.01. The highest BCUT2D eigenvalue weighted by atomic mass is 79.9. The molecular weight excluding hydrogens is 664 g/mol. The van der Waals surface area contributed by atoms with E-state index < -0.39 is 40.9 Å². The van der Waals surface area contributed by atoms with Gasteiger partial charge in [-0.1, -0.05) is 39.7 Å². The molecule has 0 radical (unpaired) electrons. The van der Waals surface area contributed by atoms with Crippen LogP contribution in [0.25, 0.3) is 6.08 Å². The summed E-state index contributed by atoms with van der Waals surface area (Å²) in [6, 6.07) is 13.5. The van der Waals surface area contributed by atoms with Gasteiger partial charge in [0.05, 0.1) is 25.8 Å². The number of imide groups is 2. The van der Waals surface area contributed by atoms with E-state index in [2.05, 4.69) is 42.5 Å². The van der Waals surface area contributed by atoms with Gasteiger partial charge in [0.1, 0.15) is 11.3 Å². The first-order valence-electron chi connectivity index (χ1n) is 10.9. The number of nitrogens with one attached hydrogen (secondary N) is 2. The minimum absolute atomic E-state index is 0.0182. The van der Waals surface area contributed by atoms with Gasteiger partial charge < -0.3 is 10.1 Å². The Morgan fingerprint density at radius 1 is 1.10 bits per heavy atom. The highest BCUT2D eigenvalue weighted by Gasteiger charge is 2.37. The summed E-state index contributed by atoms with van der Waals surface area (Å²) in [7, 11) is 0. The molecule has 1 heterocycles. The Balaban J connectivity index is 1.63. The van der Waals surface area contributed by atoms with E-state index in [0.717, 1.165) is 12.1 Å². The number of hydrogen-bond donors (Lipinski definition) is 2. The maximum atomic E-state index is 13.3. The van der Waals surface area contributed by atoms with Crippen molar-refractivity contribution in [3.8, 4) is 5.75 Å². The predicted molar refractivity (Wildman–Crippen MR) is 150 cm³/mol. The predicted octanol–water partition coefficient (Wildman–Crippen LogP) is 5.46. The zero-order valence-corrected chi connectivity index (χ0v) is 23.4. The van der Waals surface area contributed by atoms with Gasteiger partial charge in [-0.15, -0.1) is 0 Å². The van der Waals surface area contributed by atoms with Crippen molar-refractivity contribution in [3.63, 3.8) is 0 Å². The van der Waals surface area contributed by atoms with Gasteiger partial charge in [-0.3, -0.25) is 29.8 Å².